The van der Waals surface area contributed by atoms with Gasteiger partial charge in [0.2, 0.25) is 21.8 Å². The fourth-order valence-corrected chi connectivity index (χ4v) is 5.82. The van der Waals surface area contributed by atoms with Crippen LogP contribution in [-0.4, -0.2) is 50.5 Å². The SMILES string of the molecule is CC(C)CNC(=O)[C@H](Cc1ccccc1)N(Cc1cccc(Br)c1)C(=O)CN(c1cc(Cl)ccc1Cl)S(C)(=O)=O. The number of carbonyl (C=O) groups excluding carboxylic acids is 2. The zero-order chi connectivity index (χ0) is 29.4. The molecule has 0 saturated carbocycles. The smallest absolute Gasteiger partial charge is 0.244 e. The summed E-state index contributed by atoms with van der Waals surface area (Å²) in [6.45, 7) is 3.89. The topological polar surface area (TPSA) is 86.8 Å². The maximum Gasteiger partial charge on any atom is 0.244 e. The van der Waals surface area contributed by atoms with Gasteiger partial charge >= 0.3 is 0 Å². The quantitative estimate of drug-likeness (QED) is 0.259. The average molecular weight is 669 g/mol. The molecule has 1 atom stereocenters. The van der Waals surface area contributed by atoms with Crippen LogP contribution in [0.2, 0.25) is 10.0 Å². The van der Waals surface area contributed by atoms with Crippen molar-refractivity contribution in [2.45, 2.75) is 32.9 Å². The van der Waals surface area contributed by atoms with Crippen molar-refractivity contribution in [2.24, 2.45) is 5.92 Å². The molecule has 0 aliphatic rings. The molecule has 0 spiro atoms. The first-order valence-corrected chi connectivity index (χ1v) is 16.0. The summed E-state index contributed by atoms with van der Waals surface area (Å²) in [6, 6.07) is 20.3. The first kappa shape index (κ1) is 31.9. The minimum absolute atomic E-state index is 0.0752. The molecule has 214 valence electrons. The van der Waals surface area contributed by atoms with Gasteiger partial charge in [-0.05, 0) is 47.4 Å². The zero-order valence-electron chi connectivity index (χ0n) is 22.5. The summed E-state index contributed by atoms with van der Waals surface area (Å²) in [6.07, 6.45) is 1.23. The number of amides is 2. The molecule has 7 nitrogen and oxygen atoms in total. The second kappa shape index (κ2) is 14.3. The van der Waals surface area contributed by atoms with Gasteiger partial charge in [-0.15, -0.1) is 0 Å². The second-order valence-corrected chi connectivity index (χ2v) is 13.5. The second-order valence-electron chi connectivity index (χ2n) is 9.86. The van der Waals surface area contributed by atoms with E-state index in [-0.39, 0.29) is 40.5 Å². The molecular formula is C29H32BrCl2N3O4S. The van der Waals surface area contributed by atoms with Crippen molar-refractivity contribution >= 4 is 66.7 Å². The van der Waals surface area contributed by atoms with E-state index in [1.807, 2.05) is 68.4 Å². The van der Waals surface area contributed by atoms with Crippen molar-refractivity contribution in [1.82, 2.24) is 10.2 Å². The number of sulfonamides is 1. The Morgan fingerprint density at radius 2 is 1.62 bits per heavy atom. The maximum absolute atomic E-state index is 14.1. The number of benzene rings is 3. The van der Waals surface area contributed by atoms with Crippen molar-refractivity contribution in [1.29, 1.82) is 0 Å². The van der Waals surface area contributed by atoms with Crippen LogP contribution in [0.15, 0.2) is 77.3 Å². The van der Waals surface area contributed by atoms with Crippen molar-refractivity contribution in [2.75, 3.05) is 23.7 Å². The third-order valence-electron chi connectivity index (χ3n) is 6.05. The highest BCUT2D eigenvalue weighted by molar-refractivity contribution is 9.10. The molecule has 0 saturated heterocycles. The van der Waals surface area contributed by atoms with Gasteiger partial charge in [0, 0.05) is 29.0 Å². The van der Waals surface area contributed by atoms with Crippen LogP contribution < -0.4 is 9.62 Å². The van der Waals surface area contributed by atoms with Crippen molar-refractivity contribution in [3.63, 3.8) is 0 Å². The van der Waals surface area contributed by atoms with Gasteiger partial charge in [0.05, 0.1) is 17.0 Å². The van der Waals surface area contributed by atoms with Crippen molar-refractivity contribution < 1.29 is 18.0 Å². The maximum atomic E-state index is 14.1. The molecule has 0 heterocycles. The van der Waals surface area contributed by atoms with Gasteiger partial charge in [-0.3, -0.25) is 13.9 Å². The van der Waals surface area contributed by atoms with E-state index in [0.29, 0.717) is 6.54 Å². The Labute approximate surface area is 254 Å². The molecule has 40 heavy (non-hydrogen) atoms. The van der Waals surface area contributed by atoms with Gasteiger partial charge in [-0.2, -0.15) is 0 Å². The Kier molecular flexibility index (Phi) is 11.5. The third kappa shape index (κ3) is 9.23. The van der Waals surface area contributed by atoms with Crippen LogP contribution in [0.5, 0.6) is 0 Å². The van der Waals surface area contributed by atoms with Crippen LogP contribution in [-0.2, 0) is 32.6 Å². The zero-order valence-corrected chi connectivity index (χ0v) is 26.4. The fraction of sp³-hybridized carbons (Fsp3) is 0.310. The lowest BCUT2D eigenvalue weighted by Gasteiger charge is -2.34. The third-order valence-corrected chi connectivity index (χ3v) is 8.23. The highest BCUT2D eigenvalue weighted by atomic mass is 79.9. The summed E-state index contributed by atoms with van der Waals surface area (Å²) in [5.41, 5.74) is 1.71. The molecule has 11 heteroatoms. The summed E-state index contributed by atoms with van der Waals surface area (Å²) in [5, 5.41) is 3.34. The Hall–Kier alpha value is -2.59. The number of nitrogens with zero attached hydrogens (tertiary/aromatic N) is 2. The van der Waals surface area contributed by atoms with Crippen LogP contribution in [0.4, 0.5) is 5.69 Å². The highest BCUT2D eigenvalue weighted by Crippen LogP contribution is 2.31. The lowest BCUT2D eigenvalue weighted by atomic mass is 10.0. The van der Waals surface area contributed by atoms with Crippen LogP contribution in [0, 0.1) is 5.92 Å². The van der Waals surface area contributed by atoms with Gasteiger partial charge in [-0.25, -0.2) is 8.42 Å². The molecule has 0 aromatic heterocycles. The molecule has 0 bridgehead atoms. The number of hydrogen-bond donors (Lipinski definition) is 1. The number of halogens is 3. The lowest BCUT2D eigenvalue weighted by molar-refractivity contribution is -0.140. The minimum atomic E-state index is -3.96. The van der Waals surface area contributed by atoms with E-state index in [4.69, 9.17) is 23.2 Å². The summed E-state index contributed by atoms with van der Waals surface area (Å²) < 4.78 is 27.5. The van der Waals surface area contributed by atoms with Gasteiger partial charge < -0.3 is 10.2 Å². The number of carbonyl (C=O) groups is 2. The normalized spacial score (nSPS) is 12.2. The van der Waals surface area contributed by atoms with Crippen LogP contribution >= 0.6 is 39.1 Å². The number of rotatable bonds is 12. The first-order chi connectivity index (χ1) is 18.8. The Morgan fingerprint density at radius 1 is 0.950 bits per heavy atom. The number of nitrogens with one attached hydrogen (secondary N) is 1. The molecular weight excluding hydrogens is 637 g/mol. The van der Waals surface area contributed by atoms with Crippen molar-refractivity contribution in [3.05, 3.63) is 98.4 Å². The number of hydrogen-bond acceptors (Lipinski definition) is 4. The standard InChI is InChI=1S/C29H32BrCl2N3O4S/c1-20(2)17-33-29(37)27(15-21-8-5-4-6-9-21)34(18-22-10-7-11-23(30)14-22)28(36)19-35(40(3,38)39)26-16-24(31)12-13-25(26)32/h4-14,16,20,27H,15,17-19H2,1-3H3,(H,33,37)/t27-/m0/s1. The molecule has 3 aromatic carbocycles. The molecule has 2 amide bonds. The fourth-order valence-electron chi connectivity index (χ4n) is 4.08. The molecule has 1 N–H and O–H groups in total. The first-order valence-electron chi connectivity index (χ1n) is 12.6. The summed E-state index contributed by atoms with van der Waals surface area (Å²) in [5.74, 6) is -0.698. The van der Waals surface area contributed by atoms with Crippen LogP contribution in [0.1, 0.15) is 25.0 Å². The van der Waals surface area contributed by atoms with E-state index < -0.39 is 28.5 Å². The van der Waals surface area contributed by atoms with Crippen LogP contribution in [0.3, 0.4) is 0 Å². The molecule has 3 aromatic rings. The summed E-state index contributed by atoms with van der Waals surface area (Å²) in [4.78, 5) is 29.1. The Morgan fingerprint density at radius 3 is 2.25 bits per heavy atom. The molecule has 0 unspecified atom stereocenters. The Balaban J connectivity index is 2.07. The van der Waals surface area contributed by atoms with E-state index in [9.17, 15) is 18.0 Å². The van der Waals surface area contributed by atoms with Crippen LogP contribution in [0.25, 0.3) is 0 Å². The van der Waals surface area contributed by atoms with E-state index in [1.165, 1.54) is 23.1 Å². The van der Waals surface area contributed by atoms with E-state index in [1.54, 1.807) is 0 Å². The average Bonchev–Trinajstić information content (AvgIpc) is 2.89. The lowest BCUT2D eigenvalue weighted by Crippen LogP contribution is -2.53. The summed E-state index contributed by atoms with van der Waals surface area (Å²) in [7, 11) is -3.96. The molecule has 0 aliphatic heterocycles. The van der Waals surface area contributed by atoms with E-state index >= 15 is 0 Å². The monoisotopic (exact) mass is 667 g/mol. The number of anilines is 1. The molecule has 0 radical (unpaired) electrons. The van der Waals surface area contributed by atoms with Gasteiger partial charge in [0.15, 0.2) is 0 Å². The molecule has 0 aliphatic carbocycles. The van der Waals surface area contributed by atoms with Crippen molar-refractivity contribution in [3.8, 4) is 0 Å². The van der Waals surface area contributed by atoms with Gasteiger partial charge in [0.25, 0.3) is 0 Å². The molecule has 3 rings (SSSR count). The summed E-state index contributed by atoms with van der Waals surface area (Å²) >= 11 is 15.9. The highest BCUT2D eigenvalue weighted by Gasteiger charge is 2.33. The largest absolute Gasteiger partial charge is 0.354 e. The Bertz CT molecular complexity index is 1440. The predicted molar refractivity (Wildman–Crippen MR) is 165 cm³/mol. The predicted octanol–water partition coefficient (Wildman–Crippen LogP) is 5.93. The van der Waals surface area contributed by atoms with Gasteiger partial charge in [-0.1, -0.05) is 95.4 Å². The molecule has 0 fully saturated rings. The minimum Gasteiger partial charge on any atom is -0.354 e. The van der Waals surface area contributed by atoms with Gasteiger partial charge in [0.1, 0.15) is 12.6 Å². The van der Waals surface area contributed by atoms with E-state index in [0.717, 1.165) is 26.2 Å². The van der Waals surface area contributed by atoms with E-state index in [2.05, 4.69) is 21.2 Å².